The summed E-state index contributed by atoms with van der Waals surface area (Å²) in [4.78, 5) is 24.4. The summed E-state index contributed by atoms with van der Waals surface area (Å²) in [5, 5.41) is 6.49. The van der Waals surface area contributed by atoms with Gasteiger partial charge < -0.3 is 10.6 Å². The van der Waals surface area contributed by atoms with Crippen molar-refractivity contribution in [3.63, 3.8) is 0 Å². The molecule has 2 aromatic rings. The third kappa shape index (κ3) is 5.94. The molecule has 0 radical (unpaired) electrons. The van der Waals surface area contributed by atoms with Crippen LogP contribution < -0.4 is 10.6 Å². The molecular formula is C19H20Cl2N2O2S. The van der Waals surface area contributed by atoms with Gasteiger partial charge in [-0.15, -0.1) is 11.8 Å². The highest BCUT2D eigenvalue weighted by Gasteiger charge is 2.18. The Morgan fingerprint density at radius 2 is 1.69 bits per heavy atom. The Labute approximate surface area is 167 Å². The zero-order valence-electron chi connectivity index (χ0n) is 14.7. The molecule has 0 aliphatic rings. The molecule has 2 aromatic carbocycles. The molecule has 0 heterocycles. The van der Waals surface area contributed by atoms with E-state index in [1.807, 2.05) is 44.2 Å². The Balaban J connectivity index is 1.95. The first kappa shape index (κ1) is 20.6. The van der Waals surface area contributed by atoms with E-state index in [0.29, 0.717) is 10.0 Å². The van der Waals surface area contributed by atoms with Crippen molar-refractivity contribution in [1.82, 2.24) is 5.32 Å². The number of amides is 2. The fraction of sp³-hybridized carbons (Fsp3) is 0.263. The van der Waals surface area contributed by atoms with Gasteiger partial charge in [-0.1, -0.05) is 29.3 Å². The van der Waals surface area contributed by atoms with Crippen molar-refractivity contribution < 1.29 is 9.59 Å². The van der Waals surface area contributed by atoms with E-state index in [2.05, 4.69) is 10.6 Å². The molecule has 26 heavy (non-hydrogen) atoms. The molecule has 0 saturated carbocycles. The van der Waals surface area contributed by atoms with Gasteiger partial charge in [-0.3, -0.25) is 9.59 Å². The summed E-state index contributed by atoms with van der Waals surface area (Å²) in [5.74, 6) is -0.201. The minimum atomic E-state index is -0.282. The van der Waals surface area contributed by atoms with Crippen LogP contribution >= 0.6 is 35.0 Å². The van der Waals surface area contributed by atoms with Crippen LogP contribution in [0.5, 0.6) is 0 Å². The Kier molecular flexibility index (Phi) is 7.38. The molecule has 2 amide bonds. The third-order valence-corrected chi connectivity index (χ3v) is 5.32. The average molecular weight is 411 g/mol. The number of thioether (sulfide) groups is 1. The minimum absolute atomic E-state index is 0.0838. The molecular weight excluding hydrogens is 391 g/mol. The lowest BCUT2D eigenvalue weighted by Gasteiger charge is -2.19. The van der Waals surface area contributed by atoms with Gasteiger partial charge in [0.1, 0.15) is 0 Å². The maximum Gasteiger partial charge on any atom is 0.233 e. The van der Waals surface area contributed by atoms with Gasteiger partial charge in [-0.2, -0.15) is 0 Å². The number of nitrogens with one attached hydrogen (secondary N) is 2. The number of hydrogen-bond donors (Lipinski definition) is 2. The topological polar surface area (TPSA) is 58.2 Å². The van der Waals surface area contributed by atoms with E-state index in [1.165, 1.54) is 18.7 Å². The second kappa shape index (κ2) is 9.31. The van der Waals surface area contributed by atoms with Crippen molar-refractivity contribution in [2.45, 2.75) is 37.0 Å². The summed E-state index contributed by atoms with van der Waals surface area (Å²) in [6.45, 7) is 5.19. The minimum Gasteiger partial charge on any atom is -0.349 e. The smallest absolute Gasteiger partial charge is 0.233 e. The lowest BCUT2D eigenvalue weighted by atomic mass is 10.1. The fourth-order valence-corrected chi connectivity index (χ4v) is 3.79. The van der Waals surface area contributed by atoms with Crippen LogP contribution in [0.2, 0.25) is 10.0 Å². The monoisotopic (exact) mass is 410 g/mol. The Hall–Kier alpha value is -1.69. The molecule has 2 rings (SSSR count). The Morgan fingerprint density at radius 3 is 2.27 bits per heavy atom. The molecule has 4 nitrogen and oxygen atoms in total. The molecule has 0 aromatic heterocycles. The maximum atomic E-state index is 12.5. The SMILES string of the molecule is CC(=O)Nc1ccc(S[C@H](C)C(=O)N[C@@H](C)c2ccc(Cl)cc2Cl)cc1. The van der Waals surface area contributed by atoms with Crippen LogP contribution in [-0.4, -0.2) is 17.1 Å². The standard InChI is InChI=1S/C19H20Cl2N2O2S/c1-11(17-9-4-14(20)10-18(17)21)22-19(25)12(2)26-16-7-5-15(6-8-16)23-13(3)24/h4-12H,1-3H3,(H,22,25)(H,23,24)/t11-,12+/m0/s1. The summed E-state index contributed by atoms with van der Waals surface area (Å²) >= 11 is 13.6. The number of anilines is 1. The molecule has 0 spiro atoms. The van der Waals surface area contributed by atoms with Gasteiger partial charge in [0.2, 0.25) is 11.8 Å². The first-order valence-electron chi connectivity index (χ1n) is 8.06. The first-order valence-corrected chi connectivity index (χ1v) is 9.69. The van der Waals surface area contributed by atoms with Crippen LogP contribution in [0.15, 0.2) is 47.4 Å². The van der Waals surface area contributed by atoms with Gasteiger partial charge in [0.15, 0.2) is 0 Å². The Bertz CT molecular complexity index is 797. The van der Waals surface area contributed by atoms with Gasteiger partial charge >= 0.3 is 0 Å². The quantitative estimate of drug-likeness (QED) is 0.634. The first-order chi connectivity index (χ1) is 12.3. The van der Waals surface area contributed by atoms with E-state index < -0.39 is 0 Å². The molecule has 0 saturated heterocycles. The van der Waals surface area contributed by atoms with Crippen molar-refractivity contribution in [3.05, 3.63) is 58.1 Å². The second-order valence-corrected chi connectivity index (χ2v) is 8.12. The summed E-state index contributed by atoms with van der Waals surface area (Å²) in [5.41, 5.74) is 1.55. The predicted molar refractivity (Wildman–Crippen MR) is 109 cm³/mol. The van der Waals surface area contributed by atoms with Gasteiger partial charge in [-0.25, -0.2) is 0 Å². The van der Waals surface area contributed by atoms with E-state index in [0.717, 1.165) is 16.1 Å². The van der Waals surface area contributed by atoms with Crippen LogP contribution in [-0.2, 0) is 9.59 Å². The highest BCUT2D eigenvalue weighted by molar-refractivity contribution is 8.00. The zero-order valence-corrected chi connectivity index (χ0v) is 17.0. The predicted octanol–water partition coefficient (Wildman–Crippen LogP) is 5.31. The van der Waals surface area contributed by atoms with E-state index >= 15 is 0 Å². The van der Waals surface area contributed by atoms with Crippen LogP contribution in [0.25, 0.3) is 0 Å². The molecule has 2 N–H and O–H groups in total. The zero-order chi connectivity index (χ0) is 19.3. The van der Waals surface area contributed by atoms with Gasteiger partial charge in [-0.05, 0) is 55.8 Å². The highest BCUT2D eigenvalue weighted by atomic mass is 35.5. The van der Waals surface area contributed by atoms with Crippen LogP contribution in [0.3, 0.4) is 0 Å². The average Bonchev–Trinajstić information content (AvgIpc) is 2.55. The molecule has 7 heteroatoms. The maximum absolute atomic E-state index is 12.5. The second-order valence-electron chi connectivity index (χ2n) is 5.86. The van der Waals surface area contributed by atoms with Crippen molar-refractivity contribution in [2.24, 2.45) is 0 Å². The van der Waals surface area contributed by atoms with Crippen LogP contribution in [0.4, 0.5) is 5.69 Å². The van der Waals surface area contributed by atoms with E-state index in [-0.39, 0.29) is 23.1 Å². The molecule has 0 aliphatic carbocycles. The number of benzene rings is 2. The number of carbonyl (C=O) groups excluding carboxylic acids is 2. The van der Waals surface area contributed by atoms with Gasteiger partial charge in [0, 0.05) is 27.6 Å². The number of halogens is 2. The highest BCUT2D eigenvalue weighted by Crippen LogP contribution is 2.28. The Morgan fingerprint density at radius 1 is 1.04 bits per heavy atom. The summed E-state index contributed by atoms with van der Waals surface area (Å²) in [6.07, 6.45) is 0. The van der Waals surface area contributed by atoms with E-state index in [4.69, 9.17) is 23.2 Å². The molecule has 138 valence electrons. The van der Waals surface area contributed by atoms with Crippen molar-refractivity contribution in [1.29, 1.82) is 0 Å². The lowest BCUT2D eigenvalue weighted by Crippen LogP contribution is -2.33. The molecule has 0 fully saturated rings. The molecule has 0 bridgehead atoms. The third-order valence-electron chi connectivity index (χ3n) is 3.64. The van der Waals surface area contributed by atoms with Crippen molar-refractivity contribution in [3.8, 4) is 0 Å². The lowest BCUT2D eigenvalue weighted by molar-refractivity contribution is -0.121. The summed E-state index contributed by atoms with van der Waals surface area (Å²) in [7, 11) is 0. The normalized spacial score (nSPS) is 13.0. The summed E-state index contributed by atoms with van der Waals surface area (Å²) in [6, 6.07) is 12.4. The van der Waals surface area contributed by atoms with Crippen LogP contribution in [0.1, 0.15) is 32.4 Å². The fourth-order valence-electron chi connectivity index (χ4n) is 2.34. The van der Waals surface area contributed by atoms with Crippen LogP contribution in [0, 0.1) is 0 Å². The molecule has 0 unspecified atom stereocenters. The molecule has 2 atom stereocenters. The van der Waals surface area contributed by atoms with Gasteiger partial charge in [0.05, 0.1) is 11.3 Å². The van der Waals surface area contributed by atoms with Crippen molar-refractivity contribution >= 4 is 52.5 Å². The number of carbonyl (C=O) groups is 2. The number of hydrogen-bond acceptors (Lipinski definition) is 3. The van der Waals surface area contributed by atoms with E-state index in [1.54, 1.807) is 12.1 Å². The van der Waals surface area contributed by atoms with Gasteiger partial charge in [0.25, 0.3) is 0 Å². The summed E-state index contributed by atoms with van der Waals surface area (Å²) < 4.78 is 0. The largest absolute Gasteiger partial charge is 0.349 e. The van der Waals surface area contributed by atoms with E-state index in [9.17, 15) is 9.59 Å². The molecule has 0 aliphatic heterocycles. The number of rotatable bonds is 6. The van der Waals surface area contributed by atoms with Crippen molar-refractivity contribution in [2.75, 3.05) is 5.32 Å².